The van der Waals surface area contributed by atoms with Gasteiger partial charge in [-0.05, 0) is 18.8 Å². The van der Waals surface area contributed by atoms with Crippen LogP contribution in [0.1, 0.15) is 39.0 Å². The number of aliphatic hydroxyl groups is 1. The van der Waals surface area contributed by atoms with Crippen molar-refractivity contribution in [2.24, 2.45) is 11.7 Å². The zero-order chi connectivity index (χ0) is 11.3. The van der Waals surface area contributed by atoms with E-state index in [-0.39, 0.29) is 6.54 Å². The molecule has 4 nitrogen and oxygen atoms in total. The fourth-order valence-corrected chi connectivity index (χ4v) is 2.23. The van der Waals surface area contributed by atoms with Gasteiger partial charge in [0.1, 0.15) is 6.10 Å². The summed E-state index contributed by atoms with van der Waals surface area (Å²) < 4.78 is 0. The molecule has 1 rings (SSSR count). The first-order valence-corrected chi connectivity index (χ1v) is 5.84. The van der Waals surface area contributed by atoms with Crippen molar-refractivity contribution in [3.63, 3.8) is 0 Å². The highest BCUT2D eigenvalue weighted by Gasteiger charge is 2.21. The second kappa shape index (κ2) is 6.08. The van der Waals surface area contributed by atoms with E-state index in [4.69, 9.17) is 5.73 Å². The SMILES string of the molecule is CCC1CCCC(NCC(O)C(N)=O)C1. The maximum atomic E-state index is 10.6. The number of nitrogens with two attached hydrogens (primary N) is 1. The number of carbonyl (C=O) groups is 1. The van der Waals surface area contributed by atoms with E-state index in [9.17, 15) is 9.90 Å². The molecule has 1 aliphatic rings. The first-order valence-electron chi connectivity index (χ1n) is 5.84. The molecule has 0 aliphatic heterocycles. The molecule has 1 saturated carbocycles. The minimum Gasteiger partial charge on any atom is -0.382 e. The largest absolute Gasteiger partial charge is 0.382 e. The van der Waals surface area contributed by atoms with Crippen molar-refractivity contribution >= 4 is 5.91 Å². The summed E-state index contributed by atoms with van der Waals surface area (Å²) in [6.07, 6.45) is 5.02. The number of carbonyl (C=O) groups excluding carboxylic acids is 1. The van der Waals surface area contributed by atoms with Gasteiger partial charge >= 0.3 is 0 Å². The predicted molar refractivity (Wildman–Crippen MR) is 59.2 cm³/mol. The molecule has 1 aliphatic carbocycles. The van der Waals surface area contributed by atoms with Crippen LogP contribution in [0.5, 0.6) is 0 Å². The predicted octanol–water partition coefficient (Wildman–Crippen LogP) is 0.391. The summed E-state index contributed by atoms with van der Waals surface area (Å²) in [5.41, 5.74) is 4.98. The van der Waals surface area contributed by atoms with Crippen LogP contribution in [-0.2, 0) is 4.79 Å². The van der Waals surface area contributed by atoms with Gasteiger partial charge in [0.15, 0.2) is 0 Å². The zero-order valence-corrected chi connectivity index (χ0v) is 9.41. The van der Waals surface area contributed by atoms with Crippen LogP contribution in [0.3, 0.4) is 0 Å². The first kappa shape index (κ1) is 12.5. The molecule has 4 N–H and O–H groups in total. The van der Waals surface area contributed by atoms with Gasteiger partial charge < -0.3 is 16.2 Å². The Labute approximate surface area is 91.2 Å². The molecule has 0 spiro atoms. The maximum Gasteiger partial charge on any atom is 0.247 e. The summed E-state index contributed by atoms with van der Waals surface area (Å²) in [4.78, 5) is 10.6. The van der Waals surface area contributed by atoms with E-state index in [0.717, 1.165) is 18.8 Å². The number of amides is 1. The van der Waals surface area contributed by atoms with Crippen LogP contribution in [0.15, 0.2) is 0 Å². The number of rotatable bonds is 5. The van der Waals surface area contributed by atoms with Crippen molar-refractivity contribution in [2.75, 3.05) is 6.54 Å². The fourth-order valence-electron chi connectivity index (χ4n) is 2.23. The van der Waals surface area contributed by atoms with Crippen LogP contribution >= 0.6 is 0 Å². The van der Waals surface area contributed by atoms with Gasteiger partial charge in [-0.1, -0.05) is 26.2 Å². The maximum absolute atomic E-state index is 10.6. The van der Waals surface area contributed by atoms with Gasteiger partial charge in [0.2, 0.25) is 5.91 Å². The van der Waals surface area contributed by atoms with Gasteiger partial charge in [-0.25, -0.2) is 0 Å². The number of hydrogen-bond acceptors (Lipinski definition) is 3. The number of hydrogen-bond donors (Lipinski definition) is 3. The first-order chi connectivity index (χ1) is 7.13. The lowest BCUT2D eigenvalue weighted by Crippen LogP contribution is -2.43. The molecule has 1 amide bonds. The Morgan fingerprint density at radius 1 is 1.60 bits per heavy atom. The highest BCUT2D eigenvalue weighted by molar-refractivity contribution is 5.78. The average Bonchev–Trinajstić information content (AvgIpc) is 2.26. The summed E-state index contributed by atoms with van der Waals surface area (Å²) in [5.74, 6) is 0.146. The van der Waals surface area contributed by atoms with Gasteiger partial charge in [0.25, 0.3) is 0 Å². The Kier molecular flexibility index (Phi) is 5.05. The van der Waals surface area contributed by atoms with Crippen molar-refractivity contribution in [2.45, 2.75) is 51.2 Å². The third-order valence-electron chi connectivity index (χ3n) is 3.29. The van der Waals surface area contributed by atoms with Crippen molar-refractivity contribution in [1.82, 2.24) is 5.32 Å². The Balaban J connectivity index is 2.23. The lowest BCUT2D eigenvalue weighted by Gasteiger charge is -2.29. The molecule has 0 saturated heterocycles. The highest BCUT2D eigenvalue weighted by Crippen LogP contribution is 2.26. The number of aliphatic hydroxyl groups excluding tert-OH is 1. The topological polar surface area (TPSA) is 75.3 Å². The molecular weight excluding hydrogens is 192 g/mol. The Hall–Kier alpha value is -0.610. The molecule has 0 aromatic carbocycles. The van der Waals surface area contributed by atoms with Crippen molar-refractivity contribution in [1.29, 1.82) is 0 Å². The summed E-state index contributed by atoms with van der Waals surface area (Å²) >= 11 is 0. The molecule has 3 unspecified atom stereocenters. The lowest BCUT2D eigenvalue weighted by atomic mass is 9.84. The Bertz CT molecular complexity index is 209. The molecule has 0 heterocycles. The lowest BCUT2D eigenvalue weighted by molar-refractivity contribution is -0.125. The van der Waals surface area contributed by atoms with Crippen molar-refractivity contribution in [3.05, 3.63) is 0 Å². The summed E-state index contributed by atoms with van der Waals surface area (Å²) in [6, 6.07) is 0.442. The van der Waals surface area contributed by atoms with E-state index in [0.29, 0.717) is 6.04 Å². The molecule has 0 radical (unpaired) electrons. The molecule has 4 heteroatoms. The molecule has 88 valence electrons. The molecule has 15 heavy (non-hydrogen) atoms. The third-order valence-corrected chi connectivity index (χ3v) is 3.29. The minimum atomic E-state index is -1.05. The Morgan fingerprint density at radius 3 is 2.93 bits per heavy atom. The van der Waals surface area contributed by atoms with Crippen LogP contribution < -0.4 is 11.1 Å². The van der Waals surface area contributed by atoms with E-state index < -0.39 is 12.0 Å². The molecular formula is C11H22N2O2. The summed E-state index contributed by atoms with van der Waals surface area (Å²) in [7, 11) is 0. The zero-order valence-electron chi connectivity index (χ0n) is 9.41. The number of primary amides is 1. The van der Waals surface area contributed by atoms with Crippen molar-refractivity contribution < 1.29 is 9.90 Å². The van der Waals surface area contributed by atoms with Crippen LogP contribution in [0.25, 0.3) is 0 Å². The second-order valence-corrected chi connectivity index (χ2v) is 4.46. The van der Waals surface area contributed by atoms with Crippen LogP contribution in [0, 0.1) is 5.92 Å². The highest BCUT2D eigenvalue weighted by atomic mass is 16.3. The van der Waals surface area contributed by atoms with E-state index >= 15 is 0 Å². The van der Waals surface area contributed by atoms with Gasteiger partial charge in [-0.2, -0.15) is 0 Å². The Morgan fingerprint density at radius 2 is 2.33 bits per heavy atom. The quantitative estimate of drug-likeness (QED) is 0.619. The monoisotopic (exact) mass is 214 g/mol. The fraction of sp³-hybridized carbons (Fsp3) is 0.909. The van der Waals surface area contributed by atoms with Gasteiger partial charge in [-0.3, -0.25) is 4.79 Å². The summed E-state index contributed by atoms with van der Waals surface area (Å²) in [5, 5.41) is 12.5. The molecule has 0 bridgehead atoms. The standard InChI is InChI=1S/C11H22N2O2/c1-2-8-4-3-5-9(6-8)13-7-10(14)11(12)15/h8-10,13-14H,2-7H2,1H3,(H2,12,15). The second-order valence-electron chi connectivity index (χ2n) is 4.46. The van der Waals surface area contributed by atoms with E-state index in [1.54, 1.807) is 0 Å². The van der Waals surface area contributed by atoms with Gasteiger partial charge in [0, 0.05) is 12.6 Å². The van der Waals surface area contributed by atoms with Crippen LogP contribution in [-0.4, -0.2) is 29.7 Å². The van der Waals surface area contributed by atoms with Crippen molar-refractivity contribution in [3.8, 4) is 0 Å². The molecule has 3 atom stereocenters. The average molecular weight is 214 g/mol. The van der Waals surface area contributed by atoms with Crippen LogP contribution in [0.4, 0.5) is 0 Å². The smallest absolute Gasteiger partial charge is 0.247 e. The summed E-state index contributed by atoms with van der Waals surface area (Å²) in [6.45, 7) is 2.50. The van der Waals surface area contributed by atoms with E-state index in [2.05, 4.69) is 12.2 Å². The minimum absolute atomic E-state index is 0.288. The normalized spacial score (nSPS) is 28.7. The number of nitrogens with one attached hydrogen (secondary N) is 1. The molecule has 0 aromatic rings. The van der Waals surface area contributed by atoms with E-state index in [1.165, 1.54) is 19.3 Å². The van der Waals surface area contributed by atoms with E-state index in [1.807, 2.05) is 0 Å². The third kappa shape index (κ3) is 4.18. The van der Waals surface area contributed by atoms with Gasteiger partial charge in [0.05, 0.1) is 0 Å². The van der Waals surface area contributed by atoms with Crippen LogP contribution in [0.2, 0.25) is 0 Å². The molecule has 1 fully saturated rings. The van der Waals surface area contributed by atoms with Gasteiger partial charge in [-0.15, -0.1) is 0 Å². The molecule has 0 aromatic heterocycles.